The molecule has 0 bridgehead atoms. The molecule has 2 aliphatic heterocycles. The van der Waals surface area contributed by atoms with Gasteiger partial charge in [-0.05, 0) is 50.0 Å². The van der Waals surface area contributed by atoms with Gasteiger partial charge in [0.05, 0.1) is 17.7 Å². The van der Waals surface area contributed by atoms with E-state index >= 15 is 0 Å². The Kier molecular flexibility index (Phi) is 5.68. The number of hydrogen-bond acceptors (Lipinski definition) is 4. The van der Waals surface area contributed by atoms with E-state index in [0.717, 1.165) is 32.2 Å². The lowest BCUT2D eigenvalue weighted by Crippen LogP contribution is -2.48. The molecule has 0 saturated heterocycles. The first-order valence-electron chi connectivity index (χ1n) is 10.4. The van der Waals surface area contributed by atoms with Crippen molar-refractivity contribution in [3.63, 3.8) is 0 Å². The Morgan fingerprint density at radius 2 is 1.83 bits per heavy atom. The van der Waals surface area contributed by atoms with E-state index in [9.17, 15) is 5.11 Å². The topological polar surface area (TPSA) is 35.8 Å². The van der Waals surface area contributed by atoms with Crippen molar-refractivity contribution in [2.24, 2.45) is 16.3 Å². The highest BCUT2D eigenvalue weighted by atomic mass is 35.5. The number of thioether (sulfide) groups is 1. The number of halogens is 2. The van der Waals surface area contributed by atoms with E-state index in [0.29, 0.717) is 0 Å². The minimum atomic E-state index is -0.523. The van der Waals surface area contributed by atoms with E-state index in [4.69, 9.17) is 28.2 Å². The van der Waals surface area contributed by atoms with Crippen LogP contribution in [0.4, 0.5) is 0 Å². The van der Waals surface area contributed by atoms with Gasteiger partial charge in [0.1, 0.15) is 0 Å². The molecule has 4 rings (SSSR count). The molecule has 3 nitrogen and oxygen atoms in total. The Hall–Kier alpha value is -1.20. The average molecular weight is 463 g/mol. The highest BCUT2D eigenvalue weighted by Gasteiger charge is 2.58. The van der Waals surface area contributed by atoms with Gasteiger partial charge in [0.15, 0.2) is 5.17 Å². The molecule has 1 aromatic rings. The Balaban J connectivity index is 1.89. The standard InChI is InChI=1S/C24H28Cl2N2OS/c1-14(2)19-20(15(3)29)30-22-27-24(5,23(4)12-10-18(26)11-13-23)21(28(19)22)16-6-8-17(25)9-7-16/h6-12,14-15,21,29H,13H2,1-5H3. The monoisotopic (exact) mass is 462 g/mol. The van der Waals surface area contributed by atoms with Crippen molar-refractivity contribution in [1.82, 2.24) is 4.90 Å². The molecule has 1 N–H and O–H groups in total. The lowest BCUT2D eigenvalue weighted by Gasteiger charge is -2.47. The molecule has 6 heteroatoms. The molecule has 4 unspecified atom stereocenters. The van der Waals surface area contributed by atoms with Gasteiger partial charge in [0, 0.05) is 26.1 Å². The number of benzene rings is 1. The van der Waals surface area contributed by atoms with Crippen molar-refractivity contribution in [3.8, 4) is 0 Å². The van der Waals surface area contributed by atoms with E-state index in [1.807, 2.05) is 25.1 Å². The Morgan fingerprint density at radius 1 is 1.17 bits per heavy atom. The first kappa shape index (κ1) is 22.0. The smallest absolute Gasteiger partial charge is 0.169 e. The summed E-state index contributed by atoms with van der Waals surface area (Å²) in [5.74, 6) is 0.260. The fourth-order valence-corrected chi connectivity index (χ4v) is 6.37. The molecule has 3 aliphatic rings. The maximum atomic E-state index is 10.5. The summed E-state index contributed by atoms with van der Waals surface area (Å²) >= 11 is 14.1. The van der Waals surface area contributed by atoms with Gasteiger partial charge in [-0.3, -0.25) is 4.99 Å². The SMILES string of the molecule is CC(C)C1=C(C(C)O)SC2=NC(C)(C3(C)C=CC(Cl)=CC3)C(c3ccc(Cl)cc3)N21. The third-order valence-corrected chi connectivity index (χ3v) is 8.41. The summed E-state index contributed by atoms with van der Waals surface area (Å²) in [6.07, 6.45) is 6.59. The van der Waals surface area contributed by atoms with Crippen LogP contribution in [0.1, 0.15) is 52.6 Å². The Labute approximate surface area is 193 Å². The summed E-state index contributed by atoms with van der Waals surface area (Å²) in [5.41, 5.74) is 1.70. The number of aliphatic hydroxyl groups excluding tert-OH is 1. The van der Waals surface area contributed by atoms with Gasteiger partial charge in [-0.25, -0.2) is 0 Å². The third-order valence-electron chi connectivity index (χ3n) is 6.64. The van der Waals surface area contributed by atoms with E-state index in [-0.39, 0.29) is 17.4 Å². The van der Waals surface area contributed by atoms with Crippen molar-refractivity contribution < 1.29 is 5.11 Å². The number of allylic oxidation sites excluding steroid dienone is 4. The number of fused-ring (bicyclic) bond motifs is 1. The molecule has 0 amide bonds. The number of hydrogen-bond donors (Lipinski definition) is 1. The summed E-state index contributed by atoms with van der Waals surface area (Å²) in [4.78, 5) is 8.70. The highest BCUT2D eigenvalue weighted by Crippen LogP contribution is 2.59. The van der Waals surface area contributed by atoms with E-state index in [1.54, 1.807) is 11.8 Å². The van der Waals surface area contributed by atoms with Crippen LogP contribution < -0.4 is 0 Å². The molecular formula is C24H28Cl2N2OS. The molecule has 1 aromatic carbocycles. The third kappa shape index (κ3) is 3.37. The molecule has 0 fully saturated rings. The lowest BCUT2D eigenvalue weighted by atomic mass is 9.63. The van der Waals surface area contributed by atoms with Crippen molar-refractivity contribution in [1.29, 1.82) is 0 Å². The largest absolute Gasteiger partial charge is 0.388 e. The van der Waals surface area contributed by atoms with Gasteiger partial charge in [-0.15, -0.1) is 0 Å². The predicted octanol–water partition coefficient (Wildman–Crippen LogP) is 6.90. The number of nitrogens with zero attached hydrogens (tertiary/aromatic N) is 2. The van der Waals surface area contributed by atoms with Gasteiger partial charge < -0.3 is 10.0 Å². The lowest BCUT2D eigenvalue weighted by molar-refractivity contribution is 0.145. The second-order valence-corrected chi connectivity index (χ2v) is 11.0. The Bertz CT molecular complexity index is 979. The second kappa shape index (κ2) is 7.74. The number of rotatable bonds is 4. The second-order valence-electron chi connectivity index (χ2n) is 9.09. The predicted molar refractivity (Wildman–Crippen MR) is 129 cm³/mol. The molecule has 160 valence electrons. The molecular weight excluding hydrogens is 435 g/mol. The minimum Gasteiger partial charge on any atom is -0.388 e. The molecule has 0 aromatic heterocycles. The van der Waals surface area contributed by atoms with Crippen molar-refractivity contribution in [2.45, 2.75) is 58.7 Å². The summed E-state index contributed by atoms with van der Waals surface area (Å²) in [6.45, 7) is 10.7. The zero-order chi connectivity index (χ0) is 21.8. The zero-order valence-electron chi connectivity index (χ0n) is 18.0. The van der Waals surface area contributed by atoms with Gasteiger partial charge in [-0.1, -0.05) is 80.0 Å². The van der Waals surface area contributed by atoms with Gasteiger partial charge in [0.2, 0.25) is 0 Å². The number of aliphatic imine (C=N–C) groups is 1. The first-order chi connectivity index (χ1) is 14.1. The first-order valence-corrected chi connectivity index (χ1v) is 11.9. The highest BCUT2D eigenvalue weighted by molar-refractivity contribution is 8.17. The normalized spacial score (nSPS) is 31.9. The van der Waals surface area contributed by atoms with Crippen LogP contribution in [0.2, 0.25) is 5.02 Å². The molecule has 30 heavy (non-hydrogen) atoms. The zero-order valence-corrected chi connectivity index (χ0v) is 20.3. The minimum absolute atomic E-state index is 0.00848. The molecule has 1 aliphatic carbocycles. The maximum absolute atomic E-state index is 10.5. The van der Waals surface area contributed by atoms with Crippen molar-refractivity contribution >= 4 is 40.1 Å². The molecule has 0 spiro atoms. The number of amidine groups is 1. The number of aliphatic hydroxyl groups is 1. The Morgan fingerprint density at radius 3 is 2.37 bits per heavy atom. The van der Waals surface area contributed by atoms with Crippen molar-refractivity contribution in [2.75, 3.05) is 0 Å². The molecule has 0 saturated carbocycles. The van der Waals surface area contributed by atoms with Crippen LogP contribution in [-0.2, 0) is 0 Å². The van der Waals surface area contributed by atoms with Crippen LogP contribution >= 0.6 is 35.0 Å². The van der Waals surface area contributed by atoms with Gasteiger partial charge in [0.25, 0.3) is 0 Å². The van der Waals surface area contributed by atoms with E-state index in [2.05, 4.69) is 56.9 Å². The van der Waals surface area contributed by atoms with Crippen molar-refractivity contribution in [3.05, 3.63) is 68.7 Å². The average Bonchev–Trinajstić information content (AvgIpc) is 3.18. The van der Waals surface area contributed by atoms with Gasteiger partial charge in [-0.2, -0.15) is 0 Å². The fraction of sp³-hybridized carbons (Fsp3) is 0.458. The van der Waals surface area contributed by atoms with E-state index < -0.39 is 11.6 Å². The van der Waals surface area contributed by atoms with Crippen LogP contribution in [-0.4, -0.2) is 26.8 Å². The summed E-state index contributed by atoms with van der Waals surface area (Å²) in [5, 5.41) is 12.9. The summed E-state index contributed by atoms with van der Waals surface area (Å²) in [7, 11) is 0. The molecule has 0 radical (unpaired) electrons. The van der Waals surface area contributed by atoms with Crippen LogP contribution in [0, 0.1) is 11.3 Å². The van der Waals surface area contributed by atoms with Crippen LogP contribution in [0.5, 0.6) is 0 Å². The quantitative estimate of drug-likeness (QED) is 0.528. The van der Waals surface area contributed by atoms with Crippen LogP contribution in [0.3, 0.4) is 0 Å². The molecule has 2 heterocycles. The molecule has 4 atom stereocenters. The van der Waals surface area contributed by atoms with Crippen LogP contribution in [0.15, 0.2) is 63.1 Å². The van der Waals surface area contributed by atoms with Gasteiger partial charge >= 0.3 is 0 Å². The fourth-order valence-electron chi connectivity index (χ4n) is 4.76. The summed E-state index contributed by atoms with van der Waals surface area (Å²) < 4.78 is 0. The van der Waals surface area contributed by atoms with E-state index in [1.165, 1.54) is 5.56 Å². The summed E-state index contributed by atoms with van der Waals surface area (Å²) in [6, 6.07) is 8.09. The van der Waals surface area contributed by atoms with Crippen LogP contribution in [0.25, 0.3) is 0 Å². The maximum Gasteiger partial charge on any atom is 0.169 e.